The molecule has 2 aromatic rings. The lowest BCUT2D eigenvalue weighted by atomic mass is 10.1. The zero-order valence-corrected chi connectivity index (χ0v) is 13.5. The number of non-ortho nitro benzene ring substituents is 1. The maximum Gasteiger partial charge on any atom is 0.270 e. The quantitative estimate of drug-likeness (QED) is 0.636. The number of carbonyl (C=O) groups is 1. The summed E-state index contributed by atoms with van der Waals surface area (Å²) in [5.41, 5.74) is 1.30. The van der Waals surface area contributed by atoms with E-state index in [-0.39, 0.29) is 11.6 Å². The van der Waals surface area contributed by atoms with Gasteiger partial charge in [0, 0.05) is 49.3 Å². The van der Waals surface area contributed by atoms with Crippen molar-refractivity contribution in [3.05, 3.63) is 51.0 Å². The maximum atomic E-state index is 12.5. The Hall–Kier alpha value is -2.48. The first-order chi connectivity index (χ1) is 11.0. The van der Waals surface area contributed by atoms with Crippen LogP contribution in [0.5, 0.6) is 0 Å². The molecule has 1 aromatic carbocycles. The van der Waals surface area contributed by atoms with E-state index in [0.29, 0.717) is 31.7 Å². The Balaban J connectivity index is 1.66. The van der Waals surface area contributed by atoms with Crippen molar-refractivity contribution in [3.8, 4) is 0 Å². The zero-order chi connectivity index (χ0) is 16.4. The Bertz CT molecular complexity index is 738. The molecule has 0 spiro atoms. The van der Waals surface area contributed by atoms with Gasteiger partial charge in [-0.1, -0.05) is 6.07 Å². The van der Waals surface area contributed by atoms with Gasteiger partial charge in [0.1, 0.15) is 0 Å². The third-order valence-electron chi connectivity index (χ3n) is 3.75. The molecular weight excluding hydrogens is 316 g/mol. The van der Waals surface area contributed by atoms with Crippen molar-refractivity contribution in [2.75, 3.05) is 31.1 Å². The van der Waals surface area contributed by atoms with Crippen LogP contribution < -0.4 is 4.90 Å². The molecule has 23 heavy (non-hydrogen) atoms. The summed E-state index contributed by atoms with van der Waals surface area (Å²) in [5, 5.41) is 13.8. The van der Waals surface area contributed by atoms with E-state index in [1.54, 1.807) is 28.4 Å². The van der Waals surface area contributed by atoms with E-state index in [1.165, 1.54) is 12.1 Å². The van der Waals surface area contributed by atoms with Crippen LogP contribution in [0.1, 0.15) is 16.1 Å². The van der Waals surface area contributed by atoms with Gasteiger partial charge in [-0.05, 0) is 13.0 Å². The number of amides is 1. The van der Waals surface area contributed by atoms with E-state index in [1.807, 2.05) is 12.3 Å². The number of aryl methyl sites for hydroxylation is 1. The van der Waals surface area contributed by atoms with E-state index < -0.39 is 4.92 Å². The van der Waals surface area contributed by atoms with E-state index in [2.05, 4.69) is 9.88 Å². The molecule has 0 bridgehead atoms. The standard InChI is InChI=1S/C15H16N4O3S/c1-11-10-23-15(16-11)18-7-5-17(6-8-18)14(20)12-3-2-4-13(9-12)19(21)22/h2-4,9-10H,5-8H2,1H3. The normalized spacial score (nSPS) is 14.8. The van der Waals surface area contributed by atoms with E-state index in [4.69, 9.17) is 0 Å². The summed E-state index contributed by atoms with van der Waals surface area (Å²) in [6, 6.07) is 5.88. The second kappa shape index (κ2) is 6.33. The molecule has 1 aliphatic rings. The van der Waals surface area contributed by atoms with E-state index in [0.717, 1.165) is 10.8 Å². The molecular formula is C15H16N4O3S. The Labute approximate surface area is 137 Å². The van der Waals surface area contributed by atoms with Crippen LogP contribution in [0.4, 0.5) is 10.8 Å². The van der Waals surface area contributed by atoms with Gasteiger partial charge in [-0.3, -0.25) is 14.9 Å². The topological polar surface area (TPSA) is 79.6 Å². The molecule has 0 radical (unpaired) electrons. The second-order valence-electron chi connectivity index (χ2n) is 5.36. The van der Waals surface area contributed by atoms with Gasteiger partial charge in [0.05, 0.1) is 10.6 Å². The van der Waals surface area contributed by atoms with Gasteiger partial charge in [0.25, 0.3) is 11.6 Å². The lowest BCUT2D eigenvalue weighted by Gasteiger charge is -2.34. The first kappa shape index (κ1) is 15.4. The Morgan fingerprint density at radius 1 is 1.30 bits per heavy atom. The summed E-state index contributed by atoms with van der Waals surface area (Å²) >= 11 is 1.60. The van der Waals surface area contributed by atoms with E-state index in [9.17, 15) is 14.9 Å². The fourth-order valence-corrected chi connectivity index (χ4v) is 3.38. The molecule has 1 amide bonds. The fraction of sp³-hybridized carbons (Fsp3) is 0.333. The third-order valence-corrected chi connectivity index (χ3v) is 4.77. The number of piperazine rings is 1. The SMILES string of the molecule is Cc1csc(N2CCN(C(=O)c3cccc([N+](=O)[O-])c3)CC2)n1. The summed E-state index contributed by atoms with van der Waals surface area (Å²) < 4.78 is 0. The van der Waals surface area contributed by atoms with Crippen LogP contribution in [0.15, 0.2) is 29.6 Å². The number of carbonyl (C=O) groups excluding carboxylic acids is 1. The summed E-state index contributed by atoms with van der Waals surface area (Å²) in [6.45, 7) is 4.56. The van der Waals surface area contributed by atoms with Crippen LogP contribution in [0.3, 0.4) is 0 Å². The molecule has 0 N–H and O–H groups in total. The number of nitro groups is 1. The molecule has 1 fully saturated rings. The Morgan fingerprint density at radius 3 is 2.65 bits per heavy atom. The minimum atomic E-state index is -0.487. The van der Waals surface area contributed by atoms with Crippen LogP contribution >= 0.6 is 11.3 Å². The Kier molecular flexibility index (Phi) is 4.24. The largest absolute Gasteiger partial charge is 0.345 e. The number of aromatic nitrogens is 1. The van der Waals surface area contributed by atoms with E-state index >= 15 is 0 Å². The highest BCUT2D eigenvalue weighted by Gasteiger charge is 2.24. The molecule has 0 atom stereocenters. The van der Waals surface area contributed by atoms with Crippen LogP contribution in [0.25, 0.3) is 0 Å². The van der Waals surface area contributed by atoms with Gasteiger partial charge in [-0.15, -0.1) is 11.3 Å². The van der Waals surface area contributed by atoms with Crippen molar-refractivity contribution >= 4 is 28.1 Å². The lowest BCUT2D eigenvalue weighted by molar-refractivity contribution is -0.384. The average molecular weight is 332 g/mol. The number of anilines is 1. The molecule has 120 valence electrons. The first-order valence-electron chi connectivity index (χ1n) is 7.25. The van der Waals surface area contributed by atoms with Gasteiger partial charge in [0.2, 0.25) is 0 Å². The second-order valence-corrected chi connectivity index (χ2v) is 6.19. The highest BCUT2D eigenvalue weighted by molar-refractivity contribution is 7.13. The van der Waals surface area contributed by atoms with Crippen molar-refractivity contribution in [1.82, 2.24) is 9.88 Å². The maximum absolute atomic E-state index is 12.5. The van der Waals surface area contributed by atoms with Crippen molar-refractivity contribution in [3.63, 3.8) is 0 Å². The average Bonchev–Trinajstić information content (AvgIpc) is 3.01. The van der Waals surface area contributed by atoms with Crippen LogP contribution in [0, 0.1) is 17.0 Å². The molecule has 1 aromatic heterocycles. The molecule has 0 saturated carbocycles. The van der Waals surface area contributed by atoms with Gasteiger partial charge in [0.15, 0.2) is 5.13 Å². The zero-order valence-electron chi connectivity index (χ0n) is 12.6. The minimum absolute atomic E-state index is 0.0623. The number of rotatable bonds is 3. The van der Waals surface area contributed by atoms with Crippen LogP contribution in [0.2, 0.25) is 0 Å². The minimum Gasteiger partial charge on any atom is -0.345 e. The van der Waals surface area contributed by atoms with Crippen molar-refractivity contribution in [2.24, 2.45) is 0 Å². The van der Waals surface area contributed by atoms with Gasteiger partial charge in [-0.2, -0.15) is 0 Å². The summed E-state index contributed by atoms with van der Waals surface area (Å²) in [6.07, 6.45) is 0. The van der Waals surface area contributed by atoms with Crippen LogP contribution in [-0.4, -0.2) is 46.9 Å². The van der Waals surface area contributed by atoms with Crippen molar-refractivity contribution < 1.29 is 9.72 Å². The monoisotopic (exact) mass is 332 g/mol. The molecule has 0 aliphatic carbocycles. The molecule has 8 heteroatoms. The van der Waals surface area contributed by atoms with Gasteiger partial charge >= 0.3 is 0 Å². The summed E-state index contributed by atoms with van der Waals surface area (Å²) in [5.74, 6) is -0.163. The molecule has 1 aliphatic heterocycles. The molecule has 1 saturated heterocycles. The number of nitrogens with zero attached hydrogens (tertiary/aromatic N) is 4. The third kappa shape index (κ3) is 3.31. The number of hydrogen-bond donors (Lipinski definition) is 0. The highest BCUT2D eigenvalue weighted by atomic mass is 32.1. The summed E-state index contributed by atoms with van der Waals surface area (Å²) in [4.78, 5) is 31.2. The number of benzene rings is 1. The number of thiazole rings is 1. The fourth-order valence-electron chi connectivity index (χ4n) is 2.52. The molecule has 3 rings (SSSR count). The van der Waals surface area contributed by atoms with Gasteiger partial charge < -0.3 is 9.80 Å². The smallest absolute Gasteiger partial charge is 0.270 e. The lowest BCUT2D eigenvalue weighted by Crippen LogP contribution is -2.48. The first-order valence-corrected chi connectivity index (χ1v) is 8.13. The van der Waals surface area contributed by atoms with Gasteiger partial charge in [-0.25, -0.2) is 4.98 Å². The highest BCUT2D eigenvalue weighted by Crippen LogP contribution is 2.22. The molecule has 2 heterocycles. The number of nitro benzene ring substituents is 1. The van der Waals surface area contributed by atoms with Crippen molar-refractivity contribution in [1.29, 1.82) is 0 Å². The number of hydrogen-bond acceptors (Lipinski definition) is 6. The summed E-state index contributed by atoms with van der Waals surface area (Å²) in [7, 11) is 0. The van der Waals surface area contributed by atoms with Crippen LogP contribution in [-0.2, 0) is 0 Å². The predicted octanol–water partition coefficient (Wildman–Crippen LogP) is 2.32. The predicted molar refractivity (Wildman–Crippen MR) is 88.1 cm³/mol. The Morgan fingerprint density at radius 2 is 2.04 bits per heavy atom. The molecule has 7 nitrogen and oxygen atoms in total. The molecule has 0 unspecified atom stereocenters. The van der Waals surface area contributed by atoms with Crippen molar-refractivity contribution in [2.45, 2.75) is 6.92 Å².